The van der Waals surface area contributed by atoms with Crippen LogP contribution in [0.3, 0.4) is 0 Å². The first-order chi connectivity index (χ1) is 8.11. The Bertz CT molecular complexity index is 300. The van der Waals surface area contributed by atoms with Gasteiger partial charge in [-0.3, -0.25) is 14.4 Å². The molecule has 2 amide bonds. The van der Waals surface area contributed by atoms with Crippen molar-refractivity contribution >= 4 is 17.8 Å². The van der Waals surface area contributed by atoms with Crippen LogP contribution < -0.4 is 10.6 Å². The second-order valence-corrected chi connectivity index (χ2v) is 3.92. The number of rotatable bonds is 7. The molecule has 1 rings (SSSR count). The van der Waals surface area contributed by atoms with Gasteiger partial charge in [-0.2, -0.15) is 0 Å². The van der Waals surface area contributed by atoms with Gasteiger partial charge in [0.1, 0.15) is 0 Å². The highest BCUT2D eigenvalue weighted by molar-refractivity contribution is 5.86. The van der Waals surface area contributed by atoms with E-state index in [-0.39, 0.29) is 31.2 Å². The fourth-order valence-electron chi connectivity index (χ4n) is 1.22. The van der Waals surface area contributed by atoms with Crippen LogP contribution in [0.2, 0.25) is 0 Å². The summed E-state index contributed by atoms with van der Waals surface area (Å²) in [4.78, 5) is 33.4. The fraction of sp³-hybridized carbons (Fsp3) is 0.727. The molecule has 0 aromatic heterocycles. The van der Waals surface area contributed by atoms with E-state index in [0.717, 1.165) is 12.8 Å². The van der Waals surface area contributed by atoms with E-state index in [0.29, 0.717) is 12.6 Å². The van der Waals surface area contributed by atoms with Gasteiger partial charge in [0, 0.05) is 12.5 Å². The Hall–Kier alpha value is -1.59. The molecule has 0 aromatic rings. The van der Waals surface area contributed by atoms with Gasteiger partial charge < -0.3 is 15.4 Å². The summed E-state index contributed by atoms with van der Waals surface area (Å²) in [5.41, 5.74) is 0. The smallest absolute Gasteiger partial charge is 0.306 e. The summed E-state index contributed by atoms with van der Waals surface area (Å²) >= 11 is 0. The lowest BCUT2D eigenvalue weighted by molar-refractivity contribution is -0.144. The molecule has 1 aliphatic carbocycles. The minimum atomic E-state index is -0.398. The molecular formula is C11H18N2O4. The number of carbonyl (C=O) groups excluding carboxylic acids is 3. The third-order valence-corrected chi connectivity index (χ3v) is 2.25. The zero-order chi connectivity index (χ0) is 12.7. The van der Waals surface area contributed by atoms with Gasteiger partial charge in [0.05, 0.1) is 19.6 Å². The summed E-state index contributed by atoms with van der Waals surface area (Å²) < 4.78 is 4.68. The van der Waals surface area contributed by atoms with Crippen molar-refractivity contribution in [2.45, 2.75) is 38.6 Å². The number of amides is 2. The third kappa shape index (κ3) is 6.55. The van der Waals surface area contributed by atoms with Crippen molar-refractivity contribution in [2.75, 3.05) is 13.2 Å². The normalized spacial score (nSPS) is 13.9. The van der Waals surface area contributed by atoms with Crippen molar-refractivity contribution < 1.29 is 19.1 Å². The van der Waals surface area contributed by atoms with Crippen molar-refractivity contribution in [3.63, 3.8) is 0 Å². The first-order valence-electron chi connectivity index (χ1n) is 5.83. The SMILES string of the molecule is CCOC(=O)CCC(=O)NCC(=O)NC1CC1. The number of hydrogen-bond donors (Lipinski definition) is 2. The largest absolute Gasteiger partial charge is 0.466 e. The van der Waals surface area contributed by atoms with Crippen molar-refractivity contribution in [2.24, 2.45) is 0 Å². The lowest BCUT2D eigenvalue weighted by Crippen LogP contribution is -2.37. The van der Waals surface area contributed by atoms with Gasteiger partial charge in [0.25, 0.3) is 0 Å². The molecule has 1 aliphatic rings. The predicted octanol–water partition coefficient (Wildman–Crippen LogP) is -0.275. The van der Waals surface area contributed by atoms with Gasteiger partial charge in [0.15, 0.2) is 0 Å². The van der Waals surface area contributed by atoms with Crippen molar-refractivity contribution in [1.29, 1.82) is 0 Å². The Morgan fingerprint density at radius 3 is 2.47 bits per heavy atom. The van der Waals surface area contributed by atoms with Gasteiger partial charge >= 0.3 is 5.97 Å². The van der Waals surface area contributed by atoms with E-state index in [1.807, 2.05) is 0 Å². The van der Waals surface area contributed by atoms with Crippen LogP contribution in [0.5, 0.6) is 0 Å². The highest BCUT2D eigenvalue weighted by Gasteiger charge is 2.23. The van der Waals surface area contributed by atoms with Crippen LogP contribution in [0.4, 0.5) is 0 Å². The first-order valence-corrected chi connectivity index (χ1v) is 5.83. The van der Waals surface area contributed by atoms with Crippen molar-refractivity contribution in [3.8, 4) is 0 Å². The molecule has 0 aromatic carbocycles. The second kappa shape index (κ2) is 6.88. The van der Waals surface area contributed by atoms with Gasteiger partial charge in [-0.1, -0.05) is 0 Å². The molecule has 0 aliphatic heterocycles. The molecule has 1 saturated carbocycles. The molecule has 96 valence electrons. The average Bonchev–Trinajstić information content (AvgIpc) is 3.08. The summed E-state index contributed by atoms with van der Waals surface area (Å²) in [6.07, 6.45) is 2.13. The van der Waals surface area contributed by atoms with Crippen molar-refractivity contribution in [3.05, 3.63) is 0 Å². The summed E-state index contributed by atoms with van der Waals surface area (Å²) in [5.74, 6) is -0.897. The van der Waals surface area contributed by atoms with Gasteiger partial charge in [-0.15, -0.1) is 0 Å². The van der Waals surface area contributed by atoms with Crippen molar-refractivity contribution in [1.82, 2.24) is 10.6 Å². The third-order valence-electron chi connectivity index (χ3n) is 2.25. The van der Waals surface area contributed by atoms with Crippen LogP contribution in [0.15, 0.2) is 0 Å². The summed E-state index contributed by atoms with van der Waals surface area (Å²) in [6, 6.07) is 0.291. The highest BCUT2D eigenvalue weighted by Crippen LogP contribution is 2.18. The minimum absolute atomic E-state index is 0.0296. The number of esters is 1. The van der Waals surface area contributed by atoms with Crippen LogP contribution in [0.25, 0.3) is 0 Å². The lowest BCUT2D eigenvalue weighted by Gasteiger charge is -2.05. The molecule has 1 fully saturated rings. The molecule has 0 heterocycles. The molecule has 0 unspecified atom stereocenters. The summed E-state index contributed by atoms with van der Waals surface area (Å²) in [6.45, 7) is 1.99. The first kappa shape index (κ1) is 13.5. The lowest BCUT2D eigenvalue weighted by atomic mass is 10.3. The van der Waals surface area contributed by atoms with E-state index >= 15 is 0 Å². The minimum Gasteiger partial charge on any atom is -0.466 e. The Kier molecular flexibility index (Phi) is 5.45. The van der Waals surface area contributed by atoms with E-state index < -0.39 is 5.97 Å². The zero-order valence-corrected chi connectivity index (χ0v) is 9.95. The molecule has 2 N–H and O–H groups in total. The molecule has 0 atom stereocenters. The standard InChI is InChI=1S/C11H18N2O4/c1-2-17-11(16)6-5-9(14)12-7-10(15)13-8-3-4-8/h8H,2-7H2,1H3,(H,12,14)(H,13,15). The second-order valence-electron chi connectivity index (χ2n) is 3.92. The molecule has 0 radical (unpaired) electrons. The molecule has 17 heavy (non-hydrogen) atoms. The maximum atomic E-state index is 11.3. The summed E-state index contributed by atoms with van der Waals surface area (Å²) in [5, 5.41) is 5.20. The van der Waals surface area contributed by atoms with Crippen LogP contribution in [-0.4, -0.2) is 37.0 Å². The average molecular weight is 242 g/mol. The molecular weight excluding hydrogens is 224 g/mol. The number of ether oxygens (including phenoxy) is 1. The van der Waals surface area contributed by atoms with Crippen LogP contribution in [0.1, 0.15) is 32.6 Å². The van der Waals surface area contributed by atoms with Crippen LogP contribution >= 0.6 is 0 Å². The zero-order valence-electron chi connectivity index (χ0n) is 9.95. The quantitative estimate of drug-likeness (QED) is 0.602. The maximum Gasteiger partial charge on any atom is 0.306 e. The molecule has 0 spiro atoms. The van der Waals surface area contributed by atoms with Gasteiger partial charge in [0.2, 0.25) is 11.8 Å². The van der Waals surface area contributed by atoms with E-state index in [9.17, 15) is 14.4 Å². The Morgan fingerprint density at radius 2 is 1.88 bits per heavy atom. The molecule has 6 nitrogen and oxygen atoms in total. The Morgan fingerprint density at radius 1 is 1.18 bits per heavy atom. The van der Waals surface area contributed by atoms with E-state index in [1.54, 1.807) is 6.92 Å². The topological polar surface area (TPSA) is 84.5 Å². The van der Waals surface area contributed by atoms with Crippen LogP contribution in [-0.2, 0) is 19.1 Å². The number of hydrogen-bond acceptors (Lipinski definition) is 4. The maximum absolute atomic E-state index is 11.3. The molecule has 0 bridgehead atoms. The number of nitrogens with one attached hydrogen (secondary N) is 2. The van der Waals surface area contributed by atoms with Gasteiger partial charge in [-0.25, -0.2) is 0 Å². The molecule has 6 heteroatoms. The van der Waals surface area contributed by atoms with E-state index in [4.69, 9.17) is 0 Å². The predicted molar refractivity (Wildman–Crippen MR) is 60.0 cm³/mol. The van der Waals surface area contributed by atoms with Crippen LogP contribution in [0, 0.1) is 0 Å². The Balaban J connectivity index is 2.03. The number of carbonyl (C=O) groups is 3. The van der Waals surface area contributed by atoms with E-state index in [2.05, 4.69) is 15.4 Å². The molecule has 0 saturated heterocycles. The van der Waals surface area contributed by atoms with E-state index in [1.165, 1.54) is 0 Å². The van der Waals surface area contributed by atoms with Gasteiger partial charge in [-0.05, 0) is 19.8 Å². The summed E-state index contributed by atoms with van der Waals surface area (Å²) in [7, 11) is 0. The Labute approximate surface area is 100 Å². The monoisotopic (exact) mass is 242 g/mol. The highest BCUT2D eigenvalue weighted by atomic mass is 16.5. The fourth-order valence-corrected chi connectivity index (χ4v) is 1.22.